The van der Waals surface area contributed by atoms with Gasteiger partial charge in [-0.05, 0) is 113 Å². The number of carbonyl (C=O) groups excluding carboxylic acids is 2. The number of hydrogen-bond donors (Lipinski definition) is 2. The Balaban J connectivity index is 1.29. The summed E-state index contributed by atoms with van der Waals surface area (Å²) in [6.45, 7) is 9.16. The number of aryl methyl sites for hydroxylation is 1. The minimum Gasteiger partial charge on any atom is -0.490 e. The molecule has 3 aliphatic heterocycles. The molecule has 0 unspecified atom stereocenters. The van der Waals surface area contributed by atoms with Gasteiger partial charge in [-0.1, -0.05) is 30.7 Å². The third-order valence-corrected chi connectivity index (χ3v) is 13.6. The number of hydrogen-bond acceptors (Lipinski definition) is 9. The maximum atomic E-state index is 13.9. The highest BCUT2D eigenvalue weighted by molar-refractivity contribution is 7.90. The standard InChI is InChI=1S/C38H50ClN5O6S/c1-5-44-17-7-9-33(50-36(46)42-21-28(22-42)40-4)30-13-10-26(30)20-43-23-38(16-6-8-25-18-27(39)11-14-31(25)38)24-49-34-15-12-29(19-32(34)43)51(47,48)41-35(45)37(44,2)3/h7,9,11-12,14-15,18-19,26,28,30,33,40H,5-6,8,10,13,16-17,20-24H2,1-4H3,(H,41,45)/t26-,30+,33-,38-/m0/s1. The first-order valence-electron chi connectivity index (χ1n) is 18.3. The molecular weight excluding hydrogens is 690 g/mol. The van der Waals surface area contributed by atoms with Crippen molar-refractivity contribution >= 4 is 39.3 Å². The molecule has 3 heterocycles. The molecular formula is C38H50ClN5O6S. The number of anilines is 1. The van der Waals surface area contributed by atoms with Gasteiger partial charge in [-0.2, -0.15) is 0 Å². The van der Waals surface area contributed by atoms with Crippen molar-refractivity contribution in [1.82, 2.24) is 19.8 Å². The van der Waals surface area contributed by atoms with Crippen molar-refractivity contribution in [2.75, 3.05) is 57.8 Å². The molecule has 2 aromatic rings. The smallest absolute Gasteiger partial charge is 0.410 e. The quantitative estimate of drug-likeness (QED) is 0.431. The summed E-state index contributed by atoms with van der Waals surface area (Å²) in [4.78, 5) is 33.0. The number of rotatable bonds is 3. The Morgan fingerprint density at radius 3 is 2.67 bits per heavy atom. The second-order valence-electron chi connectivity index (χ2n) is 15.4. The molecule has 13 heteroatoms. The van der Waals surface area contributed by atoms with Crippen LogP contribution in [0.25, 0.3) is 0 Å². The lowest BCUT2D eigenvalue weighted by Crippen LogP contribution is -2.59. The van der Waals surface area contributed by atoms with Crippen LogP contribution >= 0.6 is 11.6 Å². The van der Waals surface area contributed by atoms with E-state index in [1.807, 2.05) is 37.1 Å². The van der Waals surface area contributed by atoms with Crippen LogP contribution in [-0.2, 0) is 31.4 Å². The van der Waals surface area contributed by atoms with E-state index in [4.69, 9.17) is 21.1 Å². The van der Waals surface area contributed by atoms with Gasteiger partial charge in [0.1, 0.15) is 11.9 Å². The van der Waals surface area contributed by atoms with Crippen molar-refractivity contribution in [1.29, 1.82) is 0 Å². The Kier molecular flexibility index (Phi) is 9.83. The molecule has 7 rings (SSSR count). The van der Waals surface area contributed by atoms with Crippen LogP contribution in [0.1, 0.15) is 57.6 Å². The van der Waals surface area contributed by atoms with E-state index in [0.717, 1.165) is 32.1 Å². The Bertz CT molecular complexity index is 1810. The van der Waals surface area contributed by atoms with Crippen molar-refractivity contribution in [3.05, 3.63) is 64.7 Å². The Morgan fingerprint density at radius 2 is 1.94 bits per heavy atom. The third kappa shape index (κ3) is 6.84. The first-order valence-corrected chi connectivity index (χ1v) is 20.1. The van der Waals surface area contributed by atoms with Gasteiger partial charge in [-0.3, -0.25) is 9.69 Å². The number of fused-ring (bicyclic) bond motifs is 4. The van der Waals surface area contributed by atoms with Crippen LogP contribution in [0.3, 0.4) is 0 Å². The van der Waals surface area contributed by atoms with Gasteiger partial charge >= 0.3 is 6.09 Å². The Morgan fingerprint density at radius 1 is 1.14 bits per heavy atom. The number of benzene rings is 2. The fourth-order valence-electron chi connectivity index (χ4n) is 8.59. The van der Waals surface area contributed by atoms with E-state index in [-0.39, 0.29) is 34.3 Å². The summed E-state index contributed by atoms with van der Waals surface area (Å²) in [5, 5.41) is 3.92. The van der Waals surface area contributed by atoms with Gasteiger partial charge in [0, 0.05) is 55.1 Å². The normalized spacial score (nSPS) is 29.0. The Hall–Kier alpha value is -3.32. The molecule has 2 fully saturated rings. The van der Waals surface area contributed by atoms with E-state index in [2.05, 4.69) is 27.1 Å². The molecule has 51 heavy (non-hydrogen) atoms. The summed E-state index contributed by atoms with van der Waals surface area (Å²) in [7, 11) is -2.32. The number of ether oxygens (including phenoxy) is 2. The largest absolute Gasteiger partial charge is 0.490 e. The van der Waals surface area contributed by atoms with E-state index in [1.165, 1.54) is 17.2 Å². The summed E-state index contributed by atoms with van der Waals surface area (Å²) in [6.07, 6.45) is 7.85. The second kappa shape index (κ2) is 13.9. The zero-order valence-corrected chi connectivity index (χ0v) is 31.6. The predicted octanol–water partition coefficient (Wildman–Crippen LogP) is 4.72. The van der Waals surface area contributed by atoms with Gasteiger partial charge in [-0.25, -0.2) is 17.9 Å². The zero-order chi connectivity index (χ0) is 36.1. The molecule has 5 aliphatic rings. The van der Waals surface area contributed by atoms with Gasteiger partial charge in [0.15, 0.2) is 0 Å². The number of nitrogens with zero attached hydrogens (tertiary/aromatic N) is 3. The van der Waals surface area contributed by atoms with E-state index >= 15 is 0 Å². The SMILES string of the molecule is CCN1CC=C[C@H](OC(=O)N2CC(NC)C2)[C@@H]2CC[C@H]2CN2C[C@@]3(CCCc4cc(Cl)ccc43)COc3ccc(cc32)S(=O)(=O)NC(=O)C1(C)C. The number of carbonyl (C=O) groups is 2. The summed E-state index contributed by atoms with van der Waals surface area (Å²) < 4.78 is 43.0. The number of nitrogens with one attached hydrogen (secondary N) is 2. The van der Waals surface area contributed by atoms with Crippen LogP contribution < -0.4 is 19.7 Å². The van der Waals surface area contributed by atoms with Crippen molar-refractivity contribution in [3.63, 3.8) is 0 Å². The summed E-state index contributed by atoms with van der Waals surface area (Å²) >= 11 is 6.45. The second-order valence-corrected chi connectivity index (χ2v) is 17.6. The zero-order valence-electron chi connectivity index (χ0n) is 30.0. The highest BCUT2D eigenvalue weighted by Crippen LogP contribution is 2.47. The number of likely N-dealkylation sites (N-methyl/N-ethyl adjacent to an activating group) is 2. The first-order chi connectivity index (χ1) is 24.3. The molecule has 2 bridgehead atoms. The lowest BCUT2D eigenvalue weighted by molar-refractivity contribution is -0.129. The highest BCUT2D eigenvalue weighted by Gasteiger charge is 2.46. The van der Waals surface area contributed by atoms with E-state index in [0.29, 0.717) is 62.3 Å². The van der Waals surface area contributed by atoms with E-state index in [1.54, 1.807) is 30.9 Å². The fourth-order valence-corrected chi connectivity index (χ4v) is 9.91. The molecule has 1 saturated heterocycles. The van der Waals surface area contributed by atoms with Crippen LogP contribution in [0.2, 0.25) is 5.02 Å². The molecule has 0 radical (unpaired) electrons. The van der Waals surface area contributed by atoms with Gasteiger partial charge in [0.25, 0.3) is 15.9 Å². The fraction of sp³-hybridized carbons (Fsp3) is 0.579. The molecule has 1 saturated carbocycles. The van der Waals surface area contributed by atoms with E-state index < -0.39 is 27.6 Å². The Labute approximate surface area is 306 Å². The average Bonchev–Trinajstić information content (AvgIpc) is 3.20. The molecule has 2 amide bonds. The number of likely N-dealkylation sites (tertiary alicyclic amines) is 1. The van der Waals surface area contributed by atoms with Gasteiger partial charge in [-0.15, -0.1) is 0 Å². The minimum atomic E-state index is -4.21. The topological polar surface area (TPSA) is 121 Å². The maximum Gasteiger partial charge on any atom is 0.410 e. The van der Waals surface area contributed by atoms with Crippen LogP contribution in [-0.4, -0.2) is 101 Å². The highest BCUT2D eigenvalue weighted by atomic mass is 35.5. The molecule has 2 aromatic carbocycles. The molecule has 2 aliphatic carbocycles. The van der Waals surface area contributed by atoms with Crippen molar-refractivity contribution in [2.24, 2.45) is 11.8 Å². The maximum absolute atomic E-state index is 13.9. The number of amides is 2. The van der Waals surface area contributed by atoms with Crippen molar-refractivity contribution < 1.29 is 27.5 Å². The lowest BCUT2D eigenvalue weighted by atomic mass is 9.68. The van der Waals surface area contributed by atoms with Gasteiger partial charge in [0.05, 0.1) is 22.7 Å². The van der Waals surface area contributed by atoms with Crippen molar-refractivity contribution in [2.45, 2.75) is 80.9 Å². The molecule has 4 atom stereocenters. The number of halogens is 1. The van der Waals surface area contributed by atoms with Gasteiger partial charge in [0.2, 0.25) is 0 Å². The third-order valence-electron chi connectivity index (χ3n) is 12.1. The summed E-state index contributed by atoms with van der Waals surface area (Å²) in [6, 6.07) is 11.3. The monoisotopic (exact) mass is 739 g/mol. The van der Waals surface area contributed by atoms with Crippen LogP contribution in [0.15, 0.2) is 53.4 Å². The molecule has 276 valence electrons. The molecule has 1 spiro atoms. The lowest BCUT2D eigenvalue weighted by Gasteiger charge is -2.46. The van der Waals surface area contributed by atoms with E-state index in [9.17, 15) is 18.0 Å². The molecule has 11 nitrogen and oxygen atoms in total. The van der Waals surface area contributed by atoms with Gasteiger partial charge < -0.3 is 24.6 Å². The summed E-state index contributed by atoms with van der Waals surface area (Å²) in [5.41, 5.74) is 1.62. The van der Waals surface area contributed by atoms with Crippen molar-refractivity contribution in [3.8, 4) is 5.75 Å². The average molecular weight is 740 g/mol. The van der Waals surface area contributed by atoms with Crippen LogP contribution in [0, 0.1) is 11.8 Å². The molecule has 0 aromatic heterocycles. The molecule has 2 N–H and O–H groups in total. The van der Waals surface area contributed by atoms with Crippen LogP contribution in [0.4, 0.5) is 10.5 Å². The predicted molar refractivity (Wildman–Crippen MR) is 197 cm³/mol. The minimum absolute atomic E-state index is 0.00667. The van der Waals surface area contributed by atoms with Crippen LogP contribution in [0.5, 0.6) is 5.75 Å². The number of sulfonamides is 1. The first kappa shape index (κ1) is 36.1. The summed E-state index contributed by atoms with van der Waals surface area (Å²) in [5.74, 6) is 0.228.